The number of halogens is 3. The average molecular weight is 244 g/mol. The lowest BCUT2D eigenvalue weighted by molar-refractivity contribution is -0.120. The van der Waals surface area contributed by atoms with Crippen LogP contribution in [-0.4, -0.2) is 36.8 Å². The van der Waals surface area contributed by atoms with Crippen molar-refractivity contribution in [2.45, 2.75) is 18.9 Å². The van der Waals surface area contributed by atoms with E-state index in [9.17, 15) is 18.0 Å². The first-order chi connectivity index (χ1) is 6.95. The van der Waals surface area contributed by atoms with Gasteiger partial charge in [0, 0.05) is 18.8 Å². The van der Waals surface area contributed by atoms with Crippen molar-refractivity contribution < 1.29 is 18.0 Å². The van der Waals surface area contributed by atoms with Gasteiger partial charge in [0.15, 0.2) is 0 Å². The van der Waals surface area contributed by atoms with Crippen LogP contribution in [0.1, 0.15) is 13.3 Å². The minimum atomic E-state index is -4.19. The second kappa shape index (κ2) is 7.81. The van der Waals surface area contributed by atoms with Crippen LogP contribution in [0.3, 0.4) is 0 Å². The number of hydrogen-bond donors (Lipinski definition) is 2. The third-order valence-corrected chi connectivity index (χ3v) is 2.14. The fourth-order valence-electron chi connectivity index (χ4n) is 0.768. The third kappa shape index (κ3) is 11.5. The zero-order valence-electron chi connectivity index (χ0n) is 8.49. The number of thioether (sulfide) groups is 1. The Kier molecular flexibility index (Phi) is 7.59. The van der Waals surface area contributed by atoms with Crippen LogP contribution < -0.4 is 10.6 Å². The van der Waals surface area contributed by atoms with Gasteiger partial charge in [-0.05, 0) is 18.2 Å². The van der Waals surface area contributed by atoms with E-state index in [-0.39, 0.29) is 36.5 Å². The minimum Gasteiger partial charge on any atom is -0.355 e. The van der Waals surface area contributed by atoms with Crippen LogP contribution in [0.15, 0.2) is 0 Å². The SMILES string of the molecule is CCCNC(=O)CNCCSC(F)(F)F. The fourth-order valence-corrected chi connectivity index (χ4v) is 1.25. The van der Waals surface area contributed by atoms with Crippen LogP contribution in [0.4, 0.5) is 13.2 Å². The van der Waals surface area contributed by atoms with Crippen LogP contribution in [0.2, 0.25) is 0 Å². The van der Waals surface area contributed by atoms with Crippen molar-refractivity contribution in [1.82, 2.24) is 10.6 Å². The molecule has 0 aromatic carbocycles. The van der Waals surface area contributed by atoms with Crippen LogP contribution >= 0.6 is 11.8 Å². The molecule has 0 bridgehead atoms. The Hall–Kier alpha value is -0.430. The lowest BCUT2D eigenvalue weighted by Gasteiger charge is -2.07. The van der Waals surface area contributed by atoms with Crippen LogP contribution in [0.25, 0.3) is 0 Å². The van der Waals surface area contributed by atoms with E-state index >= 15 is 0 Å². The Balaban J connectivity index is 3.27. The van der Waals surface area contributed by atoms with Gasteiger partial charge in [-0.1, -0.05) is 6.92 Å². The summed E-state index contributed by atoms with van der Waals surface area (Å²) in [6.07, 6.45) is 0.843. The summed E-state index contributed by atoms with van der Waals surface area (Å²) < 4.78 is 35.0. The van der Waals surface area contributed by atoms with Gasteiger partial charge in [0.25, 0.3) is 0 Å². The smallest absolute Gasteiger partial charge is 0.355 e. The van der Waals surface area contributed by atoms with Gasteiger partial charge in [0.1, 0.15) is 0 Å². The molecule has 0 aliphatic carbocycles. The van der Waals surface area contributed by atoms with E-state index in [0.717, 1.165) is 6.42 Å². The van der Waals surface area contributed by atoms with E-state index in [4.69, 9.17) is 0 Å². The highest BCUT2D eigenvalue weighted by Gasteiger charge is 2.27. The van der Waals surface area contributed by atoms with Gasteiger partial charge in [-0.2, -0.15) is 13.2 Å². The first kappa shape index (κ1) is 14.6. The van der Waals surface area contributed by atoms with Crippen LogP contribution in [0.5, 0.6) is 0 Å². The average Bonchev–Trinajstić information content (AvgIpc) is 2.12. The quantitative estimate of drug-likeness (QED) is 0.664. The topological polar surface area (TPSA) is 41.1 Å². The molecule has 0 atom stereocenters. The van der Waals surface area contributed by atoms with Gasteiger partial charge in [-0.3, -0.25) is 4.79 Å². The lowest BCUT2D eigenvalue weighted by atomic mass is 10.4. The van der Waals surface area contributed by atoms with Crippen molar-refractivity contribution in [3.05, 3.63) is 0 Å². The maximum absolute atomic E-state index is 11.7. The fraction of sp³-hybridized carbons (Fsp3) is 0.875. The molecular formula is C8H15F3N2OS. The van der Waals surface area contributed by atoms with Gasteiger partial charge in [0.2, 0.25) is 5.91 Å². The van der Waals surface area contributed by atoms with E-state index in [1.807, 2.05) is 6.92 Å². The Morgan fingerprint density at radius 1 is 1.33 bits per heavy atom. The minimum absolute atomic E-state index is 0.0679. The summed E-state index contributed by atoms with van der Waals surface area (Å²) in [4.78, 5) is 11.0. The predicted molar refractivity (Wildman–Crippen MR) is 54.7 cm³/mol. The molecule has 0 radical (unpaired) electrons. The summed E-state index contributed by atoms with van der Waals surface area (Å²) in [5.41, 5.74) is -4.19. The van der Waals surface area contributed by atoms with Gasteiger partial charge in [0.05, 0.1) is 6.54 Å². The maximum atomic E-state index is 11.7. The molecule has 0 saturated carbocycles. The van der Waals surface area contributed by atoms with Gasteiger partial charge < -0.3 is 10.6 Å². The van der Waals surface area contributed by atoms with E-state index in [1.165, 1.54) is 0 Å². The third-order valence-electron chi connectivity index (χ3n) is 1.40. The number of hydrogen-bond acceptors (Lipinski definition) is 3. The molecule has 1 amide bonds. The molecule has 0 fully saturated rings. The van der Waals surface area contributed by atoms with E-state index in [2.05, 4.69) is 10.6 Å². The van der Waals surface area contributed by atoms with Crippen molar-refractivity contribution in [3.63, 3.8) is 0 Å². The first-order valence-corrected chi connectivity index (χ1v) is 5.62. The highest BCUT2D eigenvalue weighted by atomic mass is 32.2. The molecule has 0 unspecified atom stereocenters. The maximum Gasteiger partial charge on any atom is 0.441 e. The zero-order valence-corrected chi connectivity index (χ0v) is 9.30. The molecule has 2 N–H and O–H groups in total. The molecule has 0 aromatic heterocycles. The summed E-state index contributed by atoms with van der Waals surface area (Å²) in [7, 11) is 0. The number of amides is 1. The van der Waals surface area contributed by atoms with Crippen molar-refractivity contribution in [2.24, 2.45) is 0 Å². The summed E-state index contributed by atoms with van der Waals surface area (Å²) in [6.45, 7) is 2.76. The Labute approximate surface area is 91.2 Å². The van der Waals surface area contributed by atoms with Gasteiger partial charge >= 0.3 is 5.51 Å². The van der Waals surface area contributed by atoms with Crippen LogP contribution in [-0.2, 0) is 4.79 Å². The summed E-state index contributed by atoms with van der Waals surface area (Å²) in [6, 6.07) is 0. The number of rotatable bonds is 7. The van der Waals surface area contributed by atoms with Crippen LogP contribution in [0, 0.1) is 0 Å². The van der Waals surface area contributed by atoms with Crippen molar-refractivity contribution >= 4 is 17.7 Å². The monoisotopic (exact) mass is 244 g/mol. The second-order valence-electron chi connectivity index (χ2n) is 2.82. The lowest BCUT2D eigenvalue weighted by Crippen LogP contribution is -2.35. The highest BCUT2D eigenvalue weighted by molar-refractivity contribution is 8.00. The molecule has 3 nitrogen and oxygen atoms in total. The summed E-state index contributed by atoms with van der Waals surface area (Å²) in [5.74, 6) is -0.265. The molecule has 15 heavy (non-hydrogen) atoms. The zero-order chi connectivity index (χ0) is 11.7. The summed E-state index contributed by atoms with van der Waals surface area (Å²) >= 11 is -0.0911. The molecule has 90 valence electrons. The Morgan fingerprint density at radius 3 is 2.53 bits per heavy atom. The number of carbonyl (C=O) groups is 1. The standard InChI is InChI=1S/C8H15F3N2OS/c1-2-3-13-7(14)6-12-4-5-15-8(9,10)11/h12H,2-6H2,1H3,(H,13,14). The summed E-state index contributed by atoms with van der Waals surface area (Å²) in [5, 5.41) is 5.24. The number of nitrogens with one attached hydrogen (secondary N) is 2. The molecule has 0 aromatic rings. The normalized spacial score (nSPS) is 11.5. The second-order valence-corrected chi connectivity index (χ2v) is 3.98. The van der Waals surface area contributed by atoms with Crippen molar-refractivity contribution in [2.75, 3.05) is 25.4 Å². The van der Waals surface area contributed by atoms with E-state index in [1.54, 1.807) is 0 Å². The van der Waals surface area contributed by atoms with E-state index in [0.29, 0.717) is 6.54 Å². The number of alkyl halides is 3. The van der Waals surface area contributed by atoms with Crippen molar-refractivity contribution in [1.29, 1.82) is 0 Å². The molecule has 0 heterocycles. The Bertz CT molecular complexity index is 187. The molecule has 0 aliphatic heterocycles. The first-order valence-electron chi connectivity index (χ1n) is 4.64. The van der Waals surface area contributed by atoms with Gasteiger partial charge in [-0.25, -0.2) is 0 Å². The van der Waals surface area contributed by atoms with Gasteiger partial charge in [-0.15, -0.1) is 0 Å². The molecule has 0 saturated heterocycles. The molecule has 0 rings (SSSR count). The number of carbonyl (C=O) groups excluding carboxylic acids is 1. The van der Waals surface area contributed by atoms with E-state index < -0.39 is 5.51 Å². The highest BCUT2D eigenvalue weighted by Crippen LogP contribution is 2.29. The van der Waals surface area contributed by atoms with Crippen molar-refractivity contribution in [3.8, 4) is 0 Å². The largest absolute Gasteiger partial charge is 0.441 e. The molecule has 0 aliphatic rings. The molecule has 7 heteroatoms. The molecule has 0 spiro atoms. The predicted octanol–water partition coefficient (Wildman–Crippen LogP) is 1.36. The molecular weight excluding hydrogens is 229 g/mol. The Morgan fingerprint density at radius 2 is 2.00 bits per heavy atom.